The van der Waals surface area contributed by atoms with Gasteiger partial charge in [0.05, 0.1) is 32.0 Å². The molecule has 0 saturated heterocycles. The zero-order chi connectivity index (χ0) is 14.6. The molecule has 0 amide bonds. The highest BCUT2D eigenvalue weighted by Crippen LogP contribution is 2.12. The van der Waals surface area contributed by atoms with Crippen LogP contribution in [0.4, 0.5) is 0 Å². The lowest BCUT2D eigenvalue weighted by atomic mass is 10.0. The minimum atomic E-state index is -0.0759. The van der Waals surface area contributed by atoms with Gasteiger partial charge in [-0.25, -0.2) is 0 Å². The molecule has 0 fully saturated rings. The summed E-state index contributed by atoms with van der Waals surface area (Å²) in [6.07, 6.45) is 5.07. The van der Waals surface area contributed by atoms with Gasteiger partial charge in [0.1, 0.15) is 0 Å². The third-order valence-electron chi connectivity index (χ3n) is 3.03. The maximum Gasteiger partial charge on any atom is 0.0707 e. The van der Waals surface area contributed by atoms with Gasteiger partial charge in [-0.1, -0.05) is 33.1 Å². The van der Waals surface area contributed by atoms with E-state index in [2.05, 4.69) is 34.6 Å². The summed E-state index contributed by atoms with van der Waals surface area (Å²) in [5.74, 6) is 0.712. The molecule has 0 rings (SSSR count). The summed E-state index contributed by atoms with van der Waals surface area (Å²) in [6, 6.07) is 0. The van der Waals surface area contributed by atoms with Crippen molar-refractivity contribution in [2.45, 2.75) is 65.9 Å². The van der Waals surface area contributed by atoms with Gasteiger partial charge < -0.3 is 14.2 Å². The van der Waals surface area contributed by atoms with Crippen LogP contribution in [-0.2, 0) is 14.2 Å². The Morgan fingerprint density at radius 2 is 1.53 bits per heavy atom. The van der Waals surface area contributed by atoms with Gasteiger partial charge in [0.25, 0.3) is 0 Å². The minimum absolute atomic E-state index is 0.0759. The van der Waals surface area contributed by atoms with Crippen LogP contribution >= 0.6 is 0 Å². The second-order valence-corrected chi connectivity index (χ2v) is 6.06. The van der Waals surface area contributed by atoms with Gasteiger partial charge in [0, 0.05) is 6.61 Å². The van der Waals surface area contributed by atoms with Gasteiger partial charge in [-0.15, -0.1) is 0 Å². The molecular formula is C16H34O3. The topological polar surface area (TPSA) is 27.7 Å². The number of ether oxygens (including phenoxy) is 3. The molecular weight excluding hydrogens is 240 g/mol. The second-order valence-electron chi connectivity index (χ2n) is 6.06. The molecule has 0 bridgehead atoms. The van der Waals surface area contributed by atoms with Crippen molar-refractivity contribution in [3.63, 3.8) is 0 Å². The van der Waals surface area contributed by atoms with Crippen LogP contribution in [0.15, 0.2) is 0 Å². The normalized spacial score (nSPS) is 13.7. The van der Waals surface area contributed by atoms with E-state index in [1.807, 2.05) is 0 Å². The van der Waals surface area contributed by atoms with Crippen LogP contribution in [0.3, 0.4) is 0 Å². The van der Waals surface area contributed by atoms with Crippen molar-refractivity contribution >= 4 is 0 Å². The maximum absolute atomic E-state index is 5.67. The molecule has 3 heteroatoms. The zero-order valence-electron chi connectivity index (χ0n) is 13.7. The quantitative estimate of drug-likeness (QED) is 0.502. The smallest absolute Gasteiger partial charge is 0.0707 e. The van der Waals surface area contributed by atoms with Crippen LogP contribution < -0.4 is 0 Å². The Labute approximate surface area is 120 Å². The Kier molecular flexibility index (Phi) is 11.6. The van der Waals surface area contributed by atoms with E-state index in [0.29, 0.717) is 32.3 Å². The lowest BCUT2D eigenvalue weighted by molar-refractivity contribution is -0.0440. The first kappa shape index (κ1) is 18.9. The Balaban J connectivity index is 3.30. The Morgan fingerprint density at radius 3 is 2.11 bits per heavy atom. The average molecular weight is 274 g/mol. The molecule has 1 unspecified atom stereocenters. The van der Waals surface area contributed by atoms with E-state index in [4.69, 9.17) is 14.2 Å². The van der Waals surface area contributed by atoms with E-state index >= 15 is 0 Å². The molecule has 19 heavy (non-hydrogen) atoms. The van der Waals surface area contributed by atoms with Crippen molar-refractivity contribution < 1.29 is 14.2 Å². The van der Waals surface area contributed by atoms with Gasteiger partial charge >= 0.3 is 0 Å². The Bertz CT molecular complexity index is 187. The predicted octanol–water partition coefficient (Wildman–Crippen LogP) is 4.05. The first-order valence-electron chi connectivity index (χ1n) is 7.79. The molecule has 116 valence electrons. The highest BCUT2D eigenvalue weighted by Gasteiger charge is 2.09. The zero-order valence-corrected chi connectivity index (χ0v) is 13.7. The fourth-order valence-corrected chi connectivity index (χ4v) is 1.77. The molecule has 0 saturated carbocycles. The summed E-state index contributed by atoms with van der Waals surface area (Å²) < 4.78 is 16.7. The number of hydrogen-bond donors (Lipinski definition) is 0. The van der Waals surface area contributed by atoms with Gasteiger partial charge in [0.15, 0.2) is 0 Å². The van der Waals surface area contributed by atoms with Crippen molar-refractivity contribution in [1.29, 1.82) is 0 Å². The third kappa shape index (κ3) is 14.1. The molecule has 0 aromatic rings. The minimum Gasteiger partial charge on any atom is -0.379 e. The van der Waals surface area contributed by atoms with Crippen LogP contribution in [0, 0.1) is 5.92 Å². The highest BCUT2D eigenvalue weighted by molar-refractivity contribution is 4.58. The molecule has 0 aromatic heterocycles. The van der Waals surface area contributed by atoms with E-state index < -0.39 is 0 Å². The van der Waals surface area contributed by atoms with Crippen LogP contribution in [0.2, 0.25) is 0 Å². The lowest BCUT2D eigenvalue weighted by Gasteiger charge is -2.19. The predicted molar refractivity (Wildman–Crippen MR) is 80.6 cm³/mol. The van der Waals surface area contributed by atoms with E-state index in [0.717, 1.165) is 6.61 Å². The average Bonchev–Trinajstić information content (AvgIpc) is 2.35. The fraction of sp³-hybridized carbons (Fsp3) is 1.00. The van der Waals surface area contributed by atoms with Crippen LogP contribution in [0.5, 0.6) is 0 Å². The third-order valence-corrected chi connectivity index (χ3v) is 3.03. The van der Waals surface area contributed by atoms with Gasteiger partial charge in [-0.05, 0) is 33.1 Å². The van der Waals surface area contributed by atoms with Crippen LogP contribution in [0.25, 0.3) is 0 Å². The summed E-state index contributed by atoms with van der Waals surface area (Å²) in [7, 11) is 0. The molecule has 0 aliphatic rings. The van der Waals surface area contributed by atoms with E-state index in [-0.39, 0.29) is 5.60 Å². The standard InChI is InChI=1S/C16H34O3/c1-6-8-9-15(7-2)14-18-11-10-17-12-13-19-16(3,4)5/h15H,6-14H2,1-5H3. The summed E-state index contributed by atoms with van der Waals surface area (Å²) in [5, 5.41) is 0. The van der Waals surface area contributed by atoms with Crippen molar-refractivity contribution in [3.8, 4) is 0 Å². The summed E-state index contributed by atoms with van der Waals surface area (Å²) in [4.78, 5) is 0. The fourth-order valence-electron chi connectivity index (χ4n) is 1.77. The summed E-state index contributed by atoms with van der Waals surface area (Å²) >= 11 is 0. The van der Waals surface area contributed by atoms with Crippen molar-refractivity contribution in [2.75, 3.05) is 33.0 Å². The first-order chi connectivity index (χ1) is 8.99. The second kappa shape index (κ2) is 11.7. The summed E-state index contributed by atoms with van der Waals surface area (Å²) in [5.41, 5.74) is -0.0759. The monoisotopic (exact) mass is 274 g/mol. The maximum atomic E-state index is 5.67. The van der Waals surface area contributed by atoms with Crippen molar-refractivity contribution in [2.24, 2.45) is 5.92 Å². The van der Waals surface area contributed by atoms with E-state index in [1.165, 1.54) is 25.7 Å². The van der Waals surface area contributed by atoms with Crippen LogP contribution in [-0.4, -0.2) is 38.6 Å². The number of rotatable bonds is 12. The largest absolute Gasteiger partial charge is 0.379 e. The molecule has 0 aromatic carbocycles. The number of hydrogen-bond acceptors (Lipinski definition) is 3. The molecule has 1 atom stereocenters. The summed E-state index contributed by atoms with van der Waals surface area (Å²) in [6.45, 7) is 14.2. The van der Waals surface area contributed by atoms with Crippen LogP contribution in [0.1, 0.15) is 60.3 Å². The van der Waals surface area contributed by atoms with E-state index in [1.54, 1.807) is 0 Å². The Morgan fingerprint density at radius 1 is 0.895 bits per heavy atom. The van der Waals surface area contributed by atoms with Crippen molar-refractivity contribution in [3.05, 3.63) is 0 Å². The lowest BCUT2D eigenvalue weighted by Crippen LogP contribution is -2.22. The molecule has 0 spiro atoms. The molecule has 0 aliphatic heterocycles. The molecule has 0 aliphatic carbocycles. The van der Waals surface area contributed by atoms with Gasteiger partial charge in [-0.2, -0.15) is 0 Å². The number of unbranched alkanes of at least 4 members (excludes halogenated alkanes) is 1. The Hall–Kier alpha value is -0.120. The first-order valence-corrected chi connectivity index (χ1v) is 7.79. The molecule has 0 radical (unpaired) electrons. The molecule has 3 nitrogen and oxygen atoms in total. The SMILES string of the molecule is CCCCC(CC)COCCOCCOC(C)(C)C. The van der Waals surface area contributed by atoms with E-state index in [9.17, 15) is 0 Å². The van der Waals surface area contributed by atoms with Gasteiger partial charge in [-0.3, -0.25) is 0 Å². The van der Waals surface area contributed by atoms with Gasteiger partial charge in [0.2, 0.25) is 0 Å². The molecule has 0 heterocycles. The molecule has 0 N–H and O–H groups in total. The van der Waals surface area contributed by atoms with Crippen molar-refractivity contribution in [1.82, 2.24) is 0 Å². The highest BCUT2D eigenvalue weighted by atomic mass is 16.5.